The maximum atomic E-state index is 6.66. The lowest BCUT2D eigenvalue weighted by atomic mass is 9.99. The Hall–Kier alpha value is -0.550. The van der Waals surface area contributed by atoms with E-state index in [2.05, 4.69) is 16.7 Å². The second-order valence-corrected chi connectivity index (χ2v) is 4.11. The third-order valence-electron chi connectivity index (χ3n) is 2.87. The lowest BCUT2D eigenvalue weighted by Crippen LogP contribution is -2.33. The second-order valence-electron chi connectivity index (χ2n) is 4.11. The number of rotatable bonds is 4. The SMILES string of the molecule is [C-]#[N+]CCCCN1CCC(C)CC1. The smallest absolute Gasteiger partial charge is 0.214 e. The highest BCUT2D eigenvalue weighted by Gasteiger charge is 2.14. The van der Waals surface area contributed by atoms with Gasteiger partial charge < -0.3 is 9.74 Å². The van der Waals surface area contributed by atoms with Crippen molar-refractivity contribution in [2.24, 2.45) is 5.92 Å². The molecule has 1 fully saturated rings. The van der Waals surface area contributed by atoms with Crippen LogP contribution in [-0.4, -0.2) is 31.1 Å². The minimum atomic E-state index is 0.713. The van der Waals surface area contributed by atoms with Gasteiger partial charge in [0, 0.05) is 6.42 Å². The van der Waals surface area contributed by atoms with Crippen LogP contribution in [0, 0.1) is 12.5 Å². The first-order valence-corrected chi connectivity index (χ1v) is 5.38. The molecule has 13 heavy (non-hydrogen) atoms. The maximum absolute atomic E-state index is 6.66. The van der Waals surface area contributed by atoms with Crippen molar-refractivity contribution in [2.75, 3.05) is 26.2 Å². The van der Waals surface area contributed by atoms with Crippen LogP contribution in [0.2, 0.25) is 0 Å². The first-order chi connectivity index (χ1) is 6.33. The Kier molecular flexibility index (Phi) is 4.85. The van der Waals surface area contributed by atoms with Crippen molar-refractivity contribution < 1.29 is 0 Å². The van der Waals surface area contributed by atoms with Gasteiger partial charge in [-0.1, -0.05) is 6.92 Å². The van der Waals surface area contributed by atoms with Crippen LogP contribution in [0.3, 0.4) is 0 Å². The van der Waals surface area contributed by atoms with E-state index in [1.807, 2.05) is 0 Å². The molecule has 2 nitrogen and oxygen atoms in total. The van der Waals surface area contributed by atoms with Gasteiger partial charge in [-0.25, -0.2) is 6.57 Å². The van der Waals surface area contributed by atoms with E-state index >= 15 is 0 Å². The van der Waals surface area contributed by atoms with Gasteiger partial charge in [0.05, 0.1) is 0 Å². The van der Waals surface area contributed by atoms with E-state index in [9.17, 15) is 0 Å². The molecule has 1 aliphatic rings. The summed E-state index contributed by atoms with van der Waals surface area (Å²) >= 11 is 0. The van der Waals surface area contributed by atoms with E-state index in [-0.39, 0.29) is 0 Å². The van der Waals surface area contributed by atoms with Gasteiger partial charge in [-0.05, 0) is 44.8 Å². The zero-order chi connectivity index (χ0) is 9.52. The quantitative estimate of drug-likeness (QED) is 0.476. The number of hydrogen-bond acceptors (Lipinski definition) is 1. The fourth-order valence-electron chi connectivity index (χ4n) is 1.81. The third-order valence-corrected chi connectivity index (χ3v) is 2.87. The fourth-order valence-corrected chi connectivity index (χ4v) is 1.81. The number of nitrogens with zero attached hydrogens (tertiary/aromatic N) is 2. The highest BCUT2D eigenvalue weighted by atomic mass is 15.1. The van der Waals surface area contributed by atoms with Crippen molar-refractivity contribution in [3.8, 4) is 0 Å². The zero-order valence-corrected chi connectivity index (χ0v) is 8.63. The van der Waals surface area contributed by atoms with E-state index in [4.69, 9.17) is 6.57 Å². The van der Waals surface area contributed by atoms with Gasteiger partial charge in [0.15, 0.2) is 0 Å². The van der Waals surface area contributed by atoms with Gasteiger partial charge in [0.25, 0.3) is 0 Å². The molecule has 74 valence electrons. The molecule has 0 aromatic carbocycles. The van der Waals surface area contributed by atoms with Gasteiger partial charge >= 0.3 is 0 Å². The molecule has 0 spiro atoms. The summed E-state index contributed by atoms with van der Waals surface area (Å²) < 4.78 is 0. The Labute approximate surface area is 81.7 Å². The van der Waals surface area contributed by atoms with Crippen LogP contribution >= 0.6 is 0 Å². The van der Waals surface area contributed by atoms with Gasteiger partial charge in [-0.15, -0.1) is 0 Å². The van der Waals surface area contributed by atoms with Crippen LogP contribution in [0.1, 0.15) is 32.6 Å². The molecule has 0 aliphatic carbocycles. The van der Waals surface area contributed by atoms with Crippen molar-refractivity contribution in [1.29, 1.82) is 0 Å². The van der Waals surface area contributed by atoms with Crippen molar-refractivity contribution in [3.05, 3.63) is 11.4 Å². The predicted octanol–water partition coefficient (Wildman–Crippen LogP) is 2.42. The molecule has 0 saturated carbocycles. The van der Waals surface area contributed by atoms with Gasteiger partial charge in [0.1, 0.15) is 0 Å². The summed E-state index contributed by atoms with van der Waals surface area (Å²) in [6.45, 7) is 13.5. The highest BCUT2D eigenvalue weighted by Crippen LogP contribution is 2.15. The summed E-state index contributed by atoms with van der Waals surface area (Å²) in [4.78, 5) is 5.91. The standard InChI is InChI=1S/C11H20N2/c1-11-5-9-13(10-6-11)8-4-3-7-12-2/h11H,3-10H2,1H3. The number of hydrogen-bond donors (Lipinski definition) is 0. The zero-order valence-electron chi connectivity index (χ0n) is 8.63. The molecule has 0 amide bonds. The minimum absolute atomic E-state index is 0.713. The molecule has 0 aromatic rings. The molecule has 0 unspecified atom stereocenters. The van der Waals surface area contributed by atoms with Gasteiger partial charge in [-0.2, -0.15) is 0 Å². The molecule has 0 atom stereocenters. The Balaban J connectivity index is 2.00. The van der Waals surface area contributed by atoms with Crippen molar-refractivity contribution in [1.82, 2.24) is 4.90 Å². The largest absolute Gasteiger partial charge is 0.317 e. The summed E-state index contributed by atoms with van der Waals surface area (Å²) in [5.74, 6) is 0.930. The highest BCUT2D eigenvalue weighted by molar-refractivity contribution is 4.69. The fraction of sp³-hybridized carbons (Fsp3) is 0.909. The summed E-state index contributed by atoms with van der Waals surface area (Å²) in [5.41, 5.74) is 0. The van der Waals surface area contributed by atoms with Crippen LogP contribution in [0.15, 0.2) is 0 Å². The Morgan fingerprint density at radius 3 is 2.62 bits per heavy atom. The molecule has 2 heteroatoms. The molecule has 0 aromatic heterocycles. The molecule has 0 radical (unpaired) electrons. The lowest BCUT2D eigenvalue weighted by molar-refractivity contribution is 0.190. The van der Waals surface area contributed by atoms with Crippen LogP contribution in [0.4, 0.5) is 0 Å². The van der Waals surface area contributed by atoms with Gasteiger partial charge in [0.2, 0.25) is 6.54 Å². The molecule has 0 N–H and O–H groups in total. The molecule has 0 bridgehead atoms. The van der Waals surface area contributed by atoms with Crippen LogP contribution < -0.4 is 0 Å². The molecular weight excluding hydrogens is 160 g/mol. The summed E-state index contributed by atoms with van der Waals surface area (Å²) in [6, 6.07) is 0. The van der Waals surface area contributed by atoms with E-state index in [0.717, 1.165) is 12.3 Å². The first kappa shape index (κ1) is 10.5. The van der Waals surface area contributed by atoms with Crippen molar-refractivity contribution in [2.45, 2.75) is 32.6 Å². The normalized spacial score (nSPS) is 20.0. The van der Waals surface area contributed by atoms with Crippen LogP contribution in [-0.2, 0) is 0 Å². The predicted molar refractivity (Wildman–Crippen MR) is 55.5 cm³/mol. The van der Waals surface area contributed by atoms with E-state index in [0.29, 0.717) is 6.54 Å². The second kappa shape index (κ2) is 5.99. The summed E-state index contributed by atoms with van der Waals surface area (Å²) in [7, 11) is 0. The van der Waals surface area contributed by atoms with Crippen LogP contribution in [0.25, 0.3) is 4.85 Å². The van der Waals surface area contributed by atoms with Gasteiger partial charge in [-0.3, -0.25) is 0 Å². The Morgan fingerprint density at radius 2 is 2.00 bits per heavy atom. The first-order valence-electron chi connectivity index (χ1n) is 5.38. The molecule has 1 rings (SSSR count). The van der Waals surface area contributed by atoms with Crippen molar-refractivity contribution >= 4 is 0 Å². The number of piperidine rings is 1. The van der Waals surface area contributed by atoms with Crippen LogP contribution in [0.5, 0.6) is 0 Å². The molecular formula is C11H20N2. The van der Waals surface area contributed by atoms with Crippen molar-refractivity contribution in [3.63, 3.8) is 0 Å². The Bertz CT molecular complexity index is 163. The average Bonchev–Trinajstić information content (AvgIpc) is 2.15. The van der Waals surface area contributed by atoms with E-state index in [1.165, 1.54) is 38.9 Å². The minimum Gasteiger partial charge on any atom is -0.317 e. The molecule has 1 saturated heterocycles. The maximum Gasteiger partial charge on any atom is 0.214 e. The lowest BCUT2D eigenvalue weighted by Gasteiger charge is -2.29. The molecule has 1 aliphatic heterocycles. The monoisotopic (exact) mass is 180 g/mol. The number of likely N-dealkylation sites (tertiary alicyclic amines) is 1. The Morgan fingerprint density at radius 1 is 1.31 bits per heavy atom. The topological polar surface area (TPSA) is 7.60 Å². The molecule has 1 heterocycles. The number of unbranched alkanes of at least 4 members (excludes halogenated alkanes) is 1. The summed E-state index contributed by atoms with van der Waals surface area (Å²) in [6.07, 6.45) is 5.01. The van der Waals surface area contributed by atoms with E-state index < -0.39 is 0 Å². The average molecular weight is 180 g/mol. The summed E-state index contributed by atoms with van der Waals surface area (Å²) in [5, 5.41) is 0. The third kappa shape index (κ3) is 4.28. The van der Waals surface area contributed by atoms with E-state index in [1.54, 1.807) is 0 Å².